The first-order valence-electron chi connectivity index (χ1n) is 6.11. The highest BCUT2D eigenvalue weighted by molar-refractivity contribution is 7.09. The van der Waals surface area contributed by atoms with Crippen LogP contribution in [0.5, 0.6) is 0 Å². The fraction of sp³-hybridized carbons (Fsp3) is 0.333. The Kier molecular flexibility index (Phi) is 4.00. The molecule has 0 aliphatic rings. The van der Waals surface area contributed by atoms with E-state index < -0.39 is 0 Å². The molecule has 0 saturated carbocycles. The summed E-state index contributed by atoms with van der Waals surface area (Å²) in [5.41, 5.74) is 1.84. The minimum Gasteiger partial charge on any atom is -0.469 e. The van der Waals surface area contributed by atoms with Gasteiger partial charge in [-0.05, 0) is 19.4 Å². The van der Waals surface area contributed by atoms with Gasteiger partial charge in [0.1, 0.15) is 5.01 Å². The Bertz CT molecular complexity index is 561. The Morgan fingerprint density at radius 3 is 2.63 bits per heavy atom. The third kappa shape index (κ3) is 3.01. The fourth-order valence-electron chi connectivity index (χ4n) is 1.87. The van der Waals surface area contributed by atoms with E-state index in [1.807, 2.05) is 23.6 Å². The predicted molar refractivity (Wildman–Crippen MR) is 76.4 cm³/mol. The Hall–Kier alpha value is -1.68. The van der Waals surface area contributed by atoms with E-state index in [1.165, 1.54) is 12.7 Å². The van der Waals surface area contributed by atoms with Gasteiger partial charge < -0.3 is 4.74 Å². The molecule has 0 aliphatic carbocycles. The first-order valence-corrected chi connectivity index (χ1v) is 6.99. The van der Waals surface area contributed by atoms with Crippen LogP contribution < -0.4 is 0 Å². The van der Waals surface area contributed by atoms with Gasteiger partial charge in [0.25, 0.3) is 0 Å². The van der Waals surface area contributed by atoms with Crippen molar-refractivity contribution in [3.05, 3.63) is 52.0 Å². The number of hydrogen-bond acceptors (Lipinski definition) is 4. The maximum Gasteiger partial charge on any atom is 0.311 e. The van der Waals surface area contributed by atoms with Crippen molar-refractivity contribution >= 4 is 17.3 Å². The van der Waals surface area contributed by atoms with E-state index in [1.54, 1.807) is 11.3 Å². The van der Waals surface area contributed by atoms with Gasteiger partial charge in [-0.15, -0.1) is 11.3 Å². The number of benzene rings is 1. The van der Waals surface area contributed by atoms with Crippen molar-refractivity contribution in [3.8, 4) is 0 Å². The Balaban J connectivity index is 2.24. The lowest BCUT2D eigenvalue weighted by Crippen LogP contribution is -2.18. The molecule has 0 amide bonds. The van der Waals surface area contributed by atoms with E-state index >= 15 is 0 Å². The zero-order valence-corrected chi connectivity index (χ0v) is 12.2. The lowest BCUT2D eigenvalue weighted by Gasteiger charge is -2.22. The van der Waals surface area contributed by atoms with Gasteiger partial charge >= 0.3 is 5.97 Å². The molecule has 0 unspecified atom stereocenters. The summed E-state index contributed by atoms with van der Waals surface area (Å²) in [5.74, 6) is -0.255. The molecule has 3 nitrogen and oxygen atoms in total. The summed E-state index contributed by atoms with van der Waals surface area (Å²) in [4.78, 5) is 15.8. The number of rotatable bonds is 4. The first-order chi connectivity index (χ1) is 9.04. The molecule has 0 aliphatic heterocycles. The van der Waals surface area contributed by atoms with Crippen molar-refractivity contribution in [1.29, 1.82) is 0 Å². The van der Waals surface area contributed by atoms with Crippen LogP contribution in [0.15, 0.2) is 35.7 Å². The minimum atomic E-state index is -0.255. The molecule has 1 aromatic heterocycles. The molecule has 0 radical (unpaired) electrons. The molecule has 1 aromatic carbocycles. The highest BCUT2D eigenvalue weighted by atomic mass is 32.1. The summed E-state index contributed by atoms with van der Waals surface area (Å²) >= 11 is 1.58. The second kappa shape index (κ2) is 5.53. The van der Waals surface area contributed by atoms with Gasteiger partial charge in [-0.1, -0.05) is 30.3 Å². The lowest BCUT2D eigenvalue weighted by molar-refractivity contribution is -0.139. The molecule has 0 atom stereocenters. The van der Waals surface area contributed by atoms with Crippen LogP contribution in [-0.2, 0) is 21.4 Å². The topological polar surface area (TPSA) is 39.2 Å². The summed E-state index contributed by atoms with van der Waals surface area (Å²) in [6.07, 6.45) is 0.234. The quantitative estimate of drug-likeness (QED) is 0.804. The molecule has 0 N–H and O–H groups in total. The molecule has 0 spiro atoms. The Labute approximate surface area is 117 Å². The number of ether oxygens (including phenoxy) is 1. The van der Waals surface area contributed by atoms with Crippen molar-refractivity contribution in [3.63, 3.8) is 0 Å². The van der Waals surface area contributed by atoms with E-state index in [-0.39, 0.29) is 17.8 Å². The van der Waals surface area contributed by atoms with Crippen LogP contribution in [0.4, 0.5) is 0 Å². The van der Waals surface area contributed by atoms with Crippen molar-refractivity contribution in [2.24, 2.45) is 0 Å². The van der Waals surface area contributed by atoms with E-state index in [0.29, 0.717) is 0 Å². The molecule has 0 saturated heterocycles. The molecule has 0 fully saturated rings. The molecule has 100 valence electrons. The third-order valence-corrected chi connectivity index (χ3v) is 4.35. The number of nitrogens with zero attached hydrogens (tertiary/aromatic N) is 1. The van der Waals surface area contributed by atoms with E-state index in [2.05, 4.69) is 35.7 Å². The normalized spacial score (nSPS) is 11.3. The summed E-state index contributed by atoms with van der Waals surface area (Å²) in [6.45, 7) is 4.28. The molecule has 19 heavy (non-hydrogen) atoms. The average molecular weight is 275 g/mol. The molecule has 0 bridgehead atoms. The van der Waals surface area contributed by atoms with E-state index in [0.717, 1.165) is 10.7 Å². The maximum atomic E-state index is 11.3. The molecular formula is C15H17NO2S. The van der Waals surface area contributed by atoms with Gasteiger partial charge in [0.15, 0.2) is 0 Å². The second-order valence-corrected chi connectivity index (χ2v) is 5.75. The number of carbonyl (C=O) groups is 1. The highest BCUT2D eigenvalue weighted by Gasteiger charge is 2.26. The van der Waals surface area contributed by atoms with Crippen LogP contribution in [-0.4, -0.2) is 18.1 Å². The van der Waals surface area contributed by atoms with Gasteiger partial charge in [0, 0.05) is 10.8 Å². The zero-order chi connectivity index (χ0) is 13.9. The second-order valence-electron chi connectivity index (χ2n) is 4.89. The number of thiazole rings is 1. The van der Waals surface area contributed by atoms with E-state index in [9.17, 15) is 4.79 Å². The van der Waals surface area contributed by atoms with Crippen LogP contribution in [0.3, 0.4) is 0 Å². The smallest absolute Gasteiger partial charge is 0.311 e. The minimum absolute atomic E-state index is 0.152. The van der Waals surface area contributed by atoms with Crippen LogP contribution in [0.25, 0.3) is 0 Å². The molecule has 2 aromatic rings. The van der Waals surface area contributed by atoms with Gasteiger partial charge in [-0.25, -0.2) is 4.98 Å². The van der Waals surface area contributed by atoms with Crippen LogP contribution in [0.2, 0.25) is 0 Å². The van der Waals surface area contributed by atoms with Crippen molar-refractivity contribution in [2.45, 2.75) is 25.7 Å². The van der Waals surface area contributed by atoms with Gasteiger partial charge in [-0.2, -0.15) is 0 Å². The summed E-state index contributed by atoms with van der Waals surface area (Å²) in [5, 5.41) is 2.94. The lowest BCUT2D eigenvalue weighted by atomic mass is 9.85. The number of hydrogen-bond donors (Lipinski definition) is 0. The Morgan fingerprint density at radius 2 is 2.00 bits per heavy atom. The van der Waals surface area contributed by atoms with Crippen LogP contribution in [0, 0.1) is 0 Å². The third-order valence-electron chi connectivity index (χ3n) is 3.14. The standard InChI is InChI=1S/C15H17NO2S/c1-15(2,11-7-5-4-6-8-11)14-16-12(10-19-14)9-13(17)18-3/h4-8,10H,9H2,1-3H3. The molecule has 4 heteroatoms. The zero-order valence-electron chi connectivity index (χ0n) is 11.3. The van der Waals surface area contributed by atoms with Gasteiger partial charge in [-0.3, -0.25) is 4.79 Å². The SMILES string of the molecule is COC(=O)Cc1csc(C(C)(C)c2ccccc2)n1. The van der Waals surface area contributed by atoms with Gasteiger partial charge in [0.05, 0.1) is 19.2 Å². The first kappa shape index (κ1) is 13.7. The Morgan fingerprint density at radius 1 is 1.32 bits per heavy atom. The summed E-state index contributed by atoms with van der Waals surface area (Å²) in [7, 11) is 1.39. The maximum absolute atomic E-state index is 11.3. The largest absolute Gasteiger partial charge is 0.469 e. The number of aromatic nitrogens is 1. The summed E-state index contributed by atoms with van der Waals surface area (Å²) < 4.78 is 4.66. The molecular weight excluding hydrogens is 258 g/mol. The summed E-state index contributed by atoms with van der Waals surface area (Å²) in [6, 6.07) is 10.3. The fourth-order valence-corrected chi connectivity index (χ4v) is 2.84. The molecule has 1 heterocycles. The number of methoxy groups -OCH3 is 1. The number of esters is 1. The average Bonchev–Trinajstić information content (AvgIpc) is 2.89. The monoisotopic (exact) mass is 275 g/mol. The van der Waals surface area contributed by atoms with Crippen LogP contribution in [0.1, 0.15) is 30.1 Å². The van der Waals surface area contributed by atoms with Gasteiger partial charge in [0.2, 0.25) is 0 Å². The number of carbonyl (C=O) groups excluding carboxylic acids is 1. The van der Waals surface area contributed by atoms with E-state index in [4.69, 9.17) is 0 Å². The highest BCUT2D eigenvalue weighted by Crippen LogP contribution is 2.33. The van der Waals surface area contributed by atoms with Crippen molar-refractivity contribution in [2.75, 3.05) is 7.11 Å². The van der Waals surface area contributed by atoms with Crippen molar-refractivity contribution in [1.82, 2.24) is 4.98 Å². The molecule has 2 rings (SSSR count). The predicted octanol–water partition coefficient (Wildman–Crippen LogP) is 3.18. The van der Waals surface area contributed by atoms with Crippen molar-refractivity contribution < 1.29 is 9.53 Å². The van der Waals surface area contributed by atoms with Crippen LogP contribution >= 0.6 is 11.3 Å².